The number of aryl methyl sites for hydroxylation is 1. The van der Waals surface area contributed by atoms with Crippen LogP contribution in [0.1, 0.15) is 33.6 Å². The van der Waals surface area contributed by atoms with Gasteiger partial charge in [0.15, 0.2) is 0 Å². The molecule has 1 aromatic heterocycles. The third kappa shape index (κ3) is 4.15. The van der Waals surface area contributed by atoms with Gasteiger partial charge in [-0.15, -0.1) is 0 Å². The van der Waals surface area contributed by atoms with E-state index in [1.807, 2.05) is 40.2 Å². The lowest BCUT2D eigenvalue weighted by molar-refractivity contribution is 0.0500. The average Bonchev–Trinajstić information content (AvgIpc) is 2.73. The maximum Gasteiger partial charge on any atom is 0.407 e. The molecule has 1 aliphatic rings. The van der Waals surface area contributed by atoms with Crippen LogP contribution in [0.2, 0.25) is 0 Å². The van der Waals surface area contributed by atoms with Gasteiger partial charge in [0.1, 0.15) is 5.60 Å². The minimum absolute atomic E-state index is 0.124. The normalized spacial score (nSPS) is 19.8. The fourth-order valence-corrected chi connectivity index (χ4v) is 2.38. The van der Waals surface area contributed by atoms with Crippen LogP contribution in [0.25, 0.3) is 0 Å². The van der Waals surface area contributed by atoms with E-state index in [1.54, 1.807) is 4.68 Å². The molecule has 0 aromatic carbocycles. The molecule has 0 bridgehead atoms. The second-order valence-electron chi connectivity index (χ2n) is 6.30. The van der Waals surface area contributed by atoms with Gasteiger partial charge < -0.3 is 15.0 Å². The topological polar surface area (TPSA) is 59.4 Å². The van der Waals surface area contributed by atoms with Gasteiger partial charge in [0.2, 0.25) is 0 Å². The van der Waals surface area contributed by atoms with Crippen molar-refractivity contribution in [1.29, 1.82) is 0 Å². The first-order chi connectivity index (χ1) is 9.33. The molecule has 1 atom stereocenters. The SMILES string of the molecule is Cn1cc(N2CCC[C@H](NC(=O)OC(C)(C)C)C2)cn1. The Morgan fingerprint density at radius 2 is 2.25 bits per heavy atom. The minimum atomic E-state index is -0.457. The predicted octanol–water partition coefficient (Wildman–Crippen LogP) is 1.91. The number of hydrogen-bond donors (Lipinski definition) is 1. The molecule has 0 spiro atoms. The van der Waals surface area contributed by atoms with Crippen molar-refractivity contribution < 1.29 is 9.53 Å². The number of nitrogens with one attached hydrogen (secondary N) is 1. The second-order valence-corrected chi connectivity index (χ2v) is 6.30. The molecule has 1 fully saturated rings. The maximum atomic E-state index is 11.8. The molecule has 1 aliphatic heterocycles. The summed E-state index contributed by atoms with van der Waals surface area (Å²) in [5.74, 6) is 0. The van der Waals surface area contributed by atoms with E-state index >= 15 is 0 Å². The van der Waals surface area contributed by atoms with Crippen molar-refractivity contribution in [3.63, 3.8) is 0 Å². The number of hydrogen-bond acceptors (Lipinski definition) is 4. The predicted molar refractivity (Wildman–Crippen MR) is 77.8 cm³/mol. The molecule has 1 aromatic rings. The van der Waals surface area contributed by atoms with Crippen LogP contribution in [-0.2, 0) is 11.8 Å². The summed E-state index contributed by atoms with van der Waals surface area (Å²) in [4.78, 5) is 14.1. The van der Waals surface area contributed by atoms with Gasteiger partial charge in [0.05, 0.1) is 11.9 Å². The van der Waals surface area contributed by atoms with E-state index in [0.717, 1.165) is 31.6 Å². The Balaban J connectivity index is 1.89. The Kier molecular flexibility index (Phi) is 4.20. The fourth-order valence-electron chi connectivity index (χ4n) is 2.38. The third-order valence-electron chi connectivity index (χ3n) is 3.20. The number of alkyl carbamates (subject to hydrolysis) is 1. The monoisotopic (exact) mass is 280 g/mol. The van der Waals surface area contributed by atoms with E-state index in [4.69, 9.17) is 4.74 Å². The van der Waals surface area contributed by atoms with Crippen LogP contribution in [0.5, 0.6) is 0 Å². The molecule has 0 unspecified atom stereocenters. The number of carbonyl (C=O) groups is 1. The number of nitrogens with zero attached hydrogens (tertiary/aromatic N) is 3. The lowest BCUT2D eigenvalue weighted by Crippen LogP contribution is -2.49. The highest BCUT2D eigenvalue weighted by Crippen LogP contribution is 2.19. The summed E-state index contributed by atoms with van der Waals surface area (Å²) in [7, 11) is 1.91. The van der Waals surface area contributed by atoms with Crippen molar-refractivity contribution in [3.8, 4) is 0 Å². The molecule has 0 aliphatic carbocycles. The van der Waals surface area contributed by atoms with E-state index in [9.17, 15) is 4.79 Å². The van der Waals surface area contributed by atoms with Gasteiger partial charge >= 0.3 is 6.09 Å². The van der Waals surface area contributed by atoms with Crippen LogP contribution in [-0.4, -0.2) is 40.6 Å². The highest BCUT2D eigenvalue weighted by atomic mass is 16.6. The molecule has 1 saturated heterocycles. The quantitative estimate of drug-likeness (QED) is 0.899. The largest absolute Gasteiger partial charge is 0.444 e. The number of ether oxygens (including phenoxy) is 1. The van der Waals surface area contributed by atoms with E-state index < -0.39 is 5.60 Å². The Bertz CT molecular complexity index is 464. The summed E-state index contributed by atoms with van der Waals surface area (Å²) in [5, 5.41) is 7.14. The molecule has 2 heterocycles. The molecule has 6 nitrogen and oxygen atoms in total. The van der Waals surface area contributed by atoms with Crippen LogP contribution in [0.15, 0.2) is 12.4 Å². The maximum absolute atomic E-state index is 11.8. The van der Waals surface area contributed by atoms with Crippen molar-refractivity contribution in [2.75, 3.05) is 18.0 Å². The third-order valence-corrected chi connectivity index (χ3v) is 3.20. The Morgan fingerprint density at radius 3 is 2.85 bits per heavy atom. The van der Waals surface area contributed by atoms with E-state index in [-0.39, 0.29) is 12.1 Å². The molecule has 1 amide bonds. The minimum Gasteiger partial charge on any atom is -0.444 e. The zero-order valence-corrected chi connectivity index (χ0v) is 12.7. The zero-order valence-electron chi connectivity index (χ0n) is 12.7. The first-order valence-electron chi connectivity index (χ1n) is 7.06. The molecule has 1 N–H and O–H groups in total. The highest BCUT2D eigenvalue weighted by molar-refractivity contribution is 5.68. The van der Waals surface area contributed by atoms with Crippen molar-refractivity contribution in [2.24, 2.45) is 7.05 Å². The smallest absolute Gasteiger partial charge is 0.407 e. The number of piperidine rings is 1. The Hall–Kier alpha value is -1.72. The first kappa shape index (κ1) is 14.7. The number of aromatic nitrogens is 2. The summed E-state index contributed by atoms with van der Waals surface area (Å²) >= 11 is 0. The van der Waals surface area contributed by atoms with Crippen LogP contribution >= 0.6 is 0 Å². The van der Waals surface area contributed by atoms with Crippen LogP contribution < -0.4 is 10.2 Å². The lowest BCUT2D eigenvalue weighted by atomic mass is 10.1. The highest BCUT2D eigenvalue weighted by Gasteiger charge is 2.24. The molecular formula is C14H24N4O2. The van der Waals surface area contributed by atoms with Gasteiger partial charge in [-0.3, -0.25) is 4.68 Å². The Morgan fingerprint density at radius 1 is 1.50 bits per heavy atom. The van der Waals surface area contributed by atoms with Gasteiger partial charge in [-0.2, -0.15) is 5.10 Å². The summed E-state index contributed by atoms with van der Waals surface area (Å²) in [5.41, 5.74) is 0.644. The number of amides is 1. The van der Waals surface area contributed by atoms with Gasteiger partial charge in [0.25, 0.3) is 0 Å². The number of carbonyl (C=O) groups excluding carboxylic acids is 1. The van der Waals surface area contributed by atoms with Gasteiger partial charge in [0, 0.05) is 32.4 Å². The molecule has 20 heavy (non-hydrogen) atoms. The first-order valence-corrected chi connectivity index (χ1v) is 7.06. The van der Waals surface area contributed by atoms with Crippen molar-refractivity contribution in [1.82, 2.24) is 15.1 Å². The zero-order chi connectivity index (χ0) is 14.8. The molecule has 0 radical (unpaired) electrons. The molecular weight excluding hydrogens is 256 g/mol. The van der Waals surface area contributed by atoms with Crippen molar-refractivity contribution in [3.05, 3.63) is 12.4 Å². The fraction of sp³-hybridized carbons (Fsp3) is 0.714. The summed E-state index contributed by atoms with van der Waals surface area (Å²) in [6.45, 7) is 7.41. The van der Waals surface area contributed by atoms with Crippen LogP contribution in [0.3, 0.4) is 0 Å². The average molecular weight is 280 g/mol. The van der Waals surface area contributed by atoms with Crippen LogP contribution in [0, 0.1) is 0 Å². The van der Waals surface area contributed by atoms with Crippen molar-refractivity contribution in [2.45, 2.75) is 45.3 Å². The van der Waals surface area contributed by atoms with Crippen LogP contribution in [0.4, 0.5) is 10.5 Å². The molecule has 0 saturated carbocycles. The molecule has 6 heteroatoms. The lowest BCUT2D eigenvalue weighted by Gasteiger charge is -2.34. The van der Waals surface area contributed by atoms with Gasteiger partial charge in [-0.1, -0.05) is 0 Å². The number of rotatable bonds is 2. The van der Waals surface area contributed by atoms with E-state index in [0.29, 0.717) is 0 Å². The number of anilines is 1. The van der Waals surface area contributed by atoms with Crippen molar-refractivity contribution >= 4 is 11.8 Å². The molecule has 2 rings (SSSR count). The van der Waals surface area contributed by atoms with E-state index in [2.05, 4.69) is 15.3 Å². The Labute approximate surface area is 120 Å². The second kappa shape index (κ2) is 5.73. The summed E-state index contributed by atoms with van der Waals surface area (Å²) in [6.07, 6.45) is 5.55. The summed E-state index contributed by atoms with van der Waals surface area (Å²) < 4.78 is 7.09. The molecule has 112 valence electrons. The van der Waals surface area contributed by atoms with Gasteiger partial charge in [-0.05, 0) is 33.6 Å². The standard InChI is InChI=1S/C14H24N4O2/c1-14(2,3)20-13(19)16-11-6-5-7-18(9-11)12-8-15-17(4)10-12/h8,10-11H,5-7,9H2,1-4H3,(H,16,19)/t11-/m0/s1. The summed E-state index contributed by atoms with van der Waals surface area (Å²) in [6, 6.07) is 0.124. The van der Waals surface area contributed by atoms with Gasteiger partial charge in [-0.25, -0.2) is 4.79 Å². The van der Waals surface area contributed by atoms with E-state index in [1.165, 1.54) is 0 Å².